The quantitative estimate of drug-likeness (QED) is 0.171. The topological polar surface area (TPSA) is 26.3 Å². The number of carbonyl (C=O) groups excluding carboxylic acids is 1. The van der Waals surface area contributed by atoms with Gasteiger partial charge in [0, 0.05) is 0 Å². The molecule has 0 aliphatic carbocycles. The number of ether oxygens (including phenoxy) is 1. The van der Waals surface area contributed by atoms with Crippen LogP contribution in [0.2, 0.25) is 0 Å². The zero-order valence-corrected chi connectivity index (χ0v) is 19.4. The number of carbonyl (C=O) groups is 1. The van der Waals surface area contributed by atoms with Crippen molar-refractivity contribution < 1.29 is 9.53 Å². The first-order chi connectivity index (χ1) is 14.3. The summed E-state index contributed by atoms with van der Waals surface area (Å²) in [6.45, 7) is 5.07. The third-order valence-electron chi connectivity index (χ3n) is 5.77. The van der Waals surface area contributed by atoms with E-state index in [1.165, 1.54) is 89.9 Å². The highest BCUT2D eigenvalue weighted by Gasteiger charge is 2.11. The van der Waals surface area contributed by atoms with Gasteiger partial charge in [0.2, 0.25) is 0 Å². The Hall–Kier alpha value is -1.31. The van der Waals surface area contributed by atoms with Crippen molar-refractivity contribution in [3.63, 3.8) is 0 Å². The van der Waals surface area contributed by atoms with Crippen molar-refractivity contribution in [3.8, 4) is 0 Å². The molecule has 2 nitrogen and oxygen atoms in total. The minimum Gasteiger partial charge on any atom is -0.462 e. The molecule has 29 heavy (non-hydrogen) atoms. The predicted octanol–water partition coefficient (Wildman–Crippen LogP) is 8.67. The van der Waals surface area contributed by atoms with E-state index < -0.39 is 0 Å². The van der Waals surface area contributed by atoms with Crippen LogP contribution in [0.3, 0.4) is 0 Å². The highest BCUT2D eigenvalue weighted by Crippen LogP contribution is 2.16. The molecule has 1 rings (SSSR count). The molecule has 0 spiro atoms. The zero-order valence-electron chi connectivity index (χ0n) is 19.4. The molecule has 0 heterocycles. The number of rotatable bonds is 19. The molecule has 0 bridgehead atoms. The van der Waals surface area contributed by atoms with Gasteiger partial charge in [-0.2, -0.15) is 0 Å². The summed E-state index contributed by atoms with van der Waals surface area (Å²) in [6.07, 6.45) is 21.6. The molecule has 0 aliphatic rings. The van der Waals surface area contributed by atoms with Gasteiger partial charge in [0.1, 0.15) is 0 Å². The lowest BCUT2D eigenvalue weighted by molar-refractivity contribution is 0.0496. The molecule has 1 aromatic carbocycles. The number of aryl methyl sites for hydroxylation is 1. The van der Waals surface area contributed by atoms with E-state index >= 15 is 0 Å². The average Bonchev–Trinajstić information content (AvgIpc) is 2.74. The van der Waals surface area contributed by atoms with Crippen LogP contribution in [-0.2, 0) is 11.2 Å². The fourth-order valence-corrected chi connectivity index (χ4v) is 3.87. The average molecular weight is 403 g/mol. The van der Waals surface area contributed by atoms with Gasteiger partial charge in [0.15, 0.2) is 0 Å². The minimum atomic E-state index is -0.137. The van der Waals surface area contributed by atoms with E-state index in [9.17, 15) is 4.79 Å². The van der Waals surface area contributed by atoms with Gasteiger partial charge in [-0.3, -0.25) is 0 Å². The number of benzene rings is 1. The Bertz CT molecular complexity index is 509. The van der Waals surface area contributed by atoms with Crippen LogP contribution in [0.4, 0.5) is 0 Å². The lowest BCUT2D eigenvalue weighted by Gasteiger charge is -2.10. The Kier molecular flexibility index (Phi) is 16.6. The van der Waals surface area contributed by atoms with Gasteiger partial charge in [-0.25, -0.2) is 4.79 Å². The van der Waals surface area contributed by atoms with Gasteiger partial charge in [-0.15, -0.1) is 0 Å². The van der Waals surface area contributed by atoms with Crippen LogP contribution in [-0.4, -0.2) is 12.6 Å². The molecular formula is C27H46O2. The highest BCUT2D eigenvalue weighted by atomic mass is 16.5. The molecule has 0 unspecified atom stereocenters. The van der Waals surface area contributed by atoms with Gasteiger partial charge in [0.25, 0.3) is 0 Å². The predicted molar refractivity (Wildman–Crippen MR) is 126 cm³/mol. The maximum absolute atomic E-state index is 12.5. The highest BCUT2D eigenvalue weighted by molar-refractivity contribution is 5.91. The second-order valence-electron chi connectivity index (χ2n) is 8.49. The largest absolute Gasteiger partial charge is 0.462 e. The van der Waals surface area contributed by atoms with Crippen LogP contribution in [0, 0.1) is 0 Å². The minimum absolute atomic E-state index is 0.137. The molecule has 1 aromatic rings. The van der Waals surface area contributed by atoms with E-state index in [0.717, 1.165) is 30.4 Å². The van der Waals surface area contributed by atoms with E-state index in [0.29, 0.717) is 6.61 Å². The van der Waals surface area contributed by atoms with E-state index in [1.807, 2.05) is 18.2 Å². The third kappa shape index (κ3) is 13.5. The zero-order chi connectivity index (χ0) is 21.0. The van der Waals surface area contributed by atoms with Crippen molar-refractivity contribution in [1.82, 2.24) is 0 Å². The fourth-order valence-electron chi connectivity index (χ4n) is 3.87. The SMILES string of the molecule is CCCCCCCCCCCCOC(=O)c1ccccc1CCCCCCCC. The van der Waals surface area contributed by atoms with Crippen LogP contribution >= 0.6 is 0 Å². The number of hydrogen-bond donors (Lipinski definition) is 0. The first kappa shape index (κ1) is 25.7. The van der Waals surface area contributed by atoms with Crippen LogP contribution in [0.5, 0.6) is 0 Å². The Morgan fingerprint density at radius 3 is 1.72 bits per heavy atom. The number of hydrogen-bond acceptors (Lipinski definition) is 2. The molecule has 166 valence electrons. The molecule has 0 saturated heterocycles. The first-order valence-corrected chi connectivity index (χ1v) is 12.5. The van der Waals surface area contributed by atoms with Crippen LogP contribution < -0.4 is 0 Å². The third-order valence-corrected chi connectivity index (χ3v) is 5.77. The molecule has 0 aromatic heterocycles. The summed E-state index contributed by atoms with van der Waals surface area (Å²) in [5.41, 5.74) is 1.92. The van der Waals surface area contributed by atoms with E-state index in [4.69, 9.17) is 4.74 Å². The second kappa shape index (κ2) is 18.7. The normalized spacial score (nSPS) is 11.0. The van der Waals surface area contributed by atoms with Gasteiger partial charge in [-0.05, 0) is 30.9 Å². The summed E-state index contributed by atoms with van der Waals surface area (Å²) in [5.74, 6) is -0.137. The molecule has 0 atom stereocenters. The lowest BCUT2D eigenvalue weighted by atomic mass is 10.0. The van der Waals surface area contributed by atoms with Gasteiger partial charge in [0.05, 0.1) is 12.2 Å². The second-order valence-corrected chi connectivity index (χ2v) is 8.49. The molecule has 0 amide bonds. The van der Waals surface area contributed by atoms with E-state index in [-0.39, 0.29) is 5.97 Å². The Balaban J connectivity index is 2.13. The maximum atomic E-state index is 12.5. The lowest BCUT2D eigenvalue weighted by Crippen LogP contribution is -2.09. The summed E-state index contributed by atoms with van der Waals surface area (Å²) in [5, 5.41) is 0. The summed E-state index contributed by atoms with van der Waals surface area (Å²) in [4.78, 5) is 12.5. The number of unbranched alkanes of at least 4 members (excludes halogenated alkanes) is 14. The molecule has 0 aliphatic heterocycles. The standard InChI is InChI=1S/C27H46O2/c1-3-5-7-9-11-12-13-14-16-20-24-29-27(28)26-23-19-18-22-25(26)21-17-15-10-8-6-4-2/h18-19,22-23H,3-17,20-21,24H2,1-2H3. The smallest absolute Gasteiger partial charge is 0.338 e. The van der Waals surface area contributed by atoms with Crippen molar-refractivity contribution in [2.24, 2.45) is 0 Å². The van der Waals surface area contributed by atoms with Crippen molar-refractivity contribution in [3.05, 3.63) is 35.4 Å². The molecule has 0 fully saturated rings. The van der Waals surface area contributed by atoms with Gasteiger partial charge in [-0.1, -0.05) is 122 Å². The van der Waals surface area contributed by atoms with Crippen LogP contribution in [0.15, 0.2) is 24.3 Å². The van der Waals surface area contributed by atoms with Crippen molar-refractivity contribution in [1.29, 1.82) is 0 Å². The summed E-state index contributed by atoms with van der Waals surface area (Å²) >= 11 is 0. The number of esters is 1. The molecule has 0 radical (unpaired) electrons. The summed E-state index contributed by atoms with van der Waals surface area (Å²) in [7, 11) is 0. The van der Waals surface area contributed by atoms with E-state index in [2.05, 4.69) is 19.9 Å². The van der Waals surface area contributed by atoms with Crippen molar-refractivity contribution in [2.75, 3.05) is 6.61 Å². The van der Waals surface area contributed by atoms with Gasteiger partial charge < -0.3 is 4.74 Å². The van der Waals surface area contributed by atoms with Crippen molar-refractivity contribution in [2.45, 2.75) is 123 Å². The Labute approximate surface area is 180 Å². The summed E-state index contributed by atoms with van der Waals surface area (Å²) < 4.78 is 5.56. The van der Waals surface area contributed by atoms with Crippen LogP contribution in [0.25, 0.3) is 0 Å². The molecule has 0 N–H and O–H groups in total. The maximum Gasteiger partial charge on any atom is 0.338 e. The Morgan fingerprint density at radius 2 is 1.14 bits per heavy atom. The van der Waals surface area contributed by atoms with Crippen molar-refractivity contribution >= 4 is 5.97 Å². The monoisotopic (exact) mass is 402 g/mol. The van der Waals surface area contributed by atoms with E-state index in [1.54, 1.807) is 0 Å². The summed E-state index contributed by atoms with van der Waals surface area (Å²) in [6, 6.07) is 7.99. The fraction of sp³-hybridized carbons (Fsp3) is 0.741. The first-order valence-electron chi connectivity index (χ1n) is 12.5. The molecular weight excluding hydrogens is 356 g/mol. The van der Waals surface area contributed by atoms with Gasteiger partial charge >= 0.3 is 5.97 Å². The molecule has 2 heteroatoms. The molecule has 0 saturated carbocycles. The Morgan fingerprint density at radius 1 is 0.655 bits per heavy atom. The van der Waals surface area contributed by atoms with Crippen LogP contribution in [0.1, 0.15) is 133 Å².